The van der Waals surface area contributed by atoms with Crippen LogP contribution in [0.5, 0.6) is 0 Å². The molecule has 1 aromatic rings. The lowest BCUT2D eigenvalue weighted by Crippen LogP contribution is -2.48. The molecular formula is C9H14Br2N4O2S. The molecule has 0 spiro atoms. The number of rotatable bonds is 4. The van der Waals surface area contributed by atoms with E-state index in [1.54, 1.807) is 7.05 Å². The number of alkyl halides is 1. The average Bonchev–Trinajstić information content (AvgIpc) is 2.86. The second-order valence-corrected chi connectivity index (χ2v) is 7.45. The smallest absolute Gasteiger partial charge is 0.235 e. The summed E-state index contributed by atoms with van der Waals surface area (Å²) in [6.07, 6.45) is 3.78. The summed E-state index contributed by atoms with van der Waals surface area (Å²) >= 11 is 6.53. The Morgan fingerprint density at radius 1 is 1.44 bits per heavy atom. The molecule has 0 amide bonds. The Bertz CT molecular complexity index is 517. The molecule has 9 heteroatoms. The van der Waals surface area contributed by atoms with Gasteiger partial charge in [0.05, 0.1) is 0 Å². The van der Waals surface area contributed by atoms with Crippen LogP contribution < -0.4 is 4.72 Å². The minimum atomic E-state index is -3.62. The van der Waals surface area contributed by atoms with Gasteiger partial charge in [-0.15, -0.1) is 5.10 Å². The number of nitrogens with zero attached hydrogens (tertiary/aromatic N) is 3. The van der Waals surface area contributed by atoms with Crippen LogP contribution in [0.2, 0.25) is 0 Å². The third kappa shape index (κ3) is 2.63. The number of aryl methyl sites for hydroxylation is 1. The van der Waals surface area contributed by atoms with E-state index >= 15 is 0 Å². The molecule has 0 bridgehead atoms. The van der Waals surface area contributed by atoms with E-state index in [-0.39, 0.29) is 15.2 Å². The lowest BCUT2D eigenvalue weighted by atomic mass is 10.0. The van der Waals surface area contributed by atoms with E-state index in [9.17, 15) is 8.42 Å². The van der Waals surface area contributed by atoms with Gasteiger partial charge in [-0.25, -0.2) is 17.8 Å². The maximum Gasteiger partial charge on any atom is 0.261 e. The predicted molar refractivity (Wildman–Crippen MR) is 74.0 cm³/mol. The molecule has 0 saturated heterocycles. The van der Waals surface area contributed by atoms with E-state index < -0.39 is 10.0 Å². The quantitative estimate of drug-likeness (QED) is 0.776. The van der Waals surface area contributed by atoms with Crippen LogP contribution >= 0.6 is 31.9 Å². The summed E-state index contributed by atoms with van der Waals surface area (Å²) in [6.45, 7) is 0. The standard InChI is InChI=1S/C9H14Br2N4O2S/c1-15-8(7(11)12-14-15)18(16,17)13-9(6-10)4-2-3-5-9/h13H,2-6H2,1H3. The fourth-order valence-electron chi connectivity index (χ4n) is 2.26. The number of sulfonamides is 1. The highest BCUT2D eigenvalue weighted by Crippen LogP contribution is 2.33. The molecule has 6 nitrogen and oxygen atoms in total. The van der Waals surface area contributed by atoms with E-state index in [2.05, 4.69) is 46.9 Å². The van der Waals surface area contributed by atoms with Crippen LogP contribution in [0.25, 0.3) is 0 Å². The number of hydrogen-bond acceptors (Lipinski definition) is 4. The van der Waals surface area contributed by atoms with Gasteiger partial charge in [-0.05, 0) is 28.8 Å². The highest BCUT2D eigenvalue weighted by molar-refractivity contribution is 9.10. The van der Waals surface area contributed by atoms with Gasteiger partial charge in [-0.3, -0.25) is 0 Å². The lowest BCUT2D eigenvalue weighted by Gasteiger charge is -2.27. The van der Waals surface area contributed by atoms with Gasteiger partial charge in [-0.2, -0.15) is 0 Å². The van der Waals surface area contributed by atoms with Crippen molar-refractivity contribution in [1.82, 2.24) is 19.7 Å². The van der Waals surface area contributed by atoms with E-state index in [0.717, 1.165) is 25.7 Å². The summed E-state index contributed by atoms with van der Waals surface area (Å²) in [7, 11) is -2.06. The van der Waals surface area contributed by atoms with Crippen LogP contribution in [0.1, 0.15) is 25.7 Å². The van der Waals surface area contributed by atoms with E-state index in [4.69, 9.17) is 0 Å². The molecule has 1 N–H and O–H groups in total. The molecule has 1 heterocycles. The van der Waals surface area contributed by atoms with Crippen molar-refractivity contribution < 1.29 is 8.42 Å². The zero-order valence-corrected chi connectivity index (χ0v) is 13.8. The highest BCUT2D eigenvalue weighted by Gasteiger charge is 2.38. The summed E-state index contributed by atoms with van der Waals surface area (Å²) in [5, 5.41) is 8.08. The van der Waals surface area contributed by atoms with Gasteiger partial charge in [0, 0.05) is 17.9 Å². The van der Waals surface area contributed by atoms with Crippen LogP contribution in [0.4, 0.5) is 0 Å². The second kappa shape index (κ2) is 5.18. The maximum absolute atomic E-state index is 12.4. The largest absolute Gasteiger partial charge is 0.261 e. The van der Waals surface area contributed by atoms with Crippen molar-refractivity contribution in [2.45, 2.75) is 36.2 Å². The van der Waals surface area contributed by atoms with Gasteiger partial charge in [-0.1, -0.05) is 34.0 Å². The van der Waals surface area contributed by atoms with Gasteiger partial charge in [0.2, 0.25) is 5.03 Å². The van der Waals surface area contributed by atoms with Crippen molar-refractivity contribution in [2.24, 2.45) is 7.05 Å². The fourth-order valence-corrected chi connectivity index (χ4v) is 5.70. The summed E-state index contributed by atoms with van der Waals surface area (Å²) in [5.74, 6) is 0. The first kappa shape index (κ1) is 14.4. The molecule has 0 radical (unpaired) electrons. The molecule has 0 unspecified atom stereocenters. The fraction of sp³-hybridized carbons (Fsp3) is 0.778. The third-order valence-corrected chi connectivity index (χ3v) is 6.70. The monoisotopic (exact) mass is 400 g/mol. The topological polar surface area (TPSA) is 76.9 Å². The van der Waals surface area contributed by atoms with Gasteiger partial charge in [0.1, 0.15) is 0 Å². The minimum absolute atomic E-state index is 0.0646. The molecule has 1 aliphatic rings. The van der Waals surface area contributed by atoms with Gasteiger partial charge >= 0.3 is 0 Å². The molecule has 1 aliphatic carbocycles. The number of aromatic nitrogens is 3. The lowest BCUT2D eigenvalue weighted by molar-refractivity contribution is 0.434. The van der Waals surface area contributed by atoms with Gasteiger partial charge in [0.25, 0.3) is 10.0 Å². The summed E-state index contributed by atoms with van der Waals surface area (Å²) in [4.78, 5) is 0. The van der Waals surface area contributed by atoms with Crippen molar-refractivity contribution in [3.63, 3.8) is 0 Å². The van der Waals surface area contributed by atoms with Crippen LogP contribution in [-0.2, 0) is 17.1 Å². The molecule has 18 heavy (non-hydrogen) atoms. The Hall–Kier alpha value is 0.01000. The minimum Gasteiger partial charge on any atom is -0.235 e. The van der Waals surface area contributed by atoms with Crippen LogP contribution in [0.3, 0.4) is 0 Å². The summed E-state index contributed by atoms with van der Waals surface area (Å²) in [6, 6.07) is 0. The van der Waals surface area contributed by atoms with Crippen molar-refractivity contribution >= 4 is 41.9 Å². The first-order valence-electron chi connectivity index (χ1n) is 5.55. The zero-order valence-electron chi connectivity index (χ0n) is 9.86. The number of nitrogens with one attached hydrogen (secondary N) is 1. The Labute approximate surface area is 123 Å². The van der Waals surface area contributed by atoms with E-state index in [1.165, 1.54) is 4.68 Å². The summed E-state index contributed by atoms with van der Waals surface area (Å²) < 4.78 is 29.1. The SMILES string of the molecule is Cn1nnc(Br)c1S(=O)(=O)NC1(CBr)CCCC1. The predicted octanol–water partition coefficient (Wildman–Crippen LogP) is 1.56. The molecule has 102 valence electrons. The molecule has 0 aliphatic heterocycles. The van der Waals surface area contributed by atoms with Crippen LogP contribution in [0.15, 0.2) is 9.63 Å². The number of hydrogen-bond donors (Lipinski definition) is 1. The van der Waals surface area contributed by atoms with Crippen LogP contribution in [0, 0.1) is 0 Å². The van der Waals surface area contributed by atoms with Gasteiger partial charge in [0.15, 0.2) is 4.60 Å². The molecular weight excluding hydrogens is 388 g/mol. The van der Waals surface area contributed by atoms with Crippen molar-refractivity contribution in [3.05, 3.63) is 4.60 Å². The highest BCUT2D eigenvalue weighted by atomic mass is 79.9. The molecule has 0 aromatic carbocycles. The molecule has 2 rings (SSSR count). The summed E-state index contributed by atoms with van der Waals surface area (Å²) in [5.41, 5.74) is -0.386. The van der Waals surface area contributed by atoms with Crippen LogP contribution in [-0.4, -0.2) is 34.3 Å². The van der Waals surface area contributed by atoms with Crippen molar-refractivity contribution in [2.75, 3.05) is 5.33 Å². The zero-order chi connectivity index (χ0) is 13.4. The van der Waals surface area contributed by atoms with E-state index in [0.29, 0.717) is 5.33 Å². The Morgan fingerprint density at radius 3 is 2.50 bits per heavy atom. The Balaban J connectivity index is 2.33. The number of halogens is 2. The maximum atomic E-state index is 12.4. The van der Waals surface area contributed by atoms with E-state index in [1.807, 2.05) is 0 Å². The normalized spacial score (nSPS) is 19.3. The van der Waals surface area contributed by atoms with Crippen molar-refractivity contribution in [1.29, 1.82) is 0 Å². The van der Waals surface area contributed by atoms with Crippen molar-refractivity contribution in [3.8, 4) is 0 Å². The molecule has 1 aromatic heterocycles. The van der Waals surface area contributed by atoms with Gasteiger partial charge < -0.3 is 0 Å². The second-order valence-electron chi connectivity index (χ2n) is 4.54. The molecule has 1 saturated carbocycles. The Kier molecular flexibility index (Phi) is 4.15. The molecule has 0 atom stereocenters. The first-order chi connectivity index (χ1) is 8.40. The third-order valence-electron chi connectivity index (χ3n) is 3.16. The molecule has 1 fully saturated rings. The average molecular weight is 402 g/mol. The Morgan fingerprint density at radius 2 is 2.06 bits per heavy atom. The first-order valence-corrected chi connectivity index (χ1v) is 8.95.